The molecule has 98 valence electrons. The Morgan fingerprint density at radius 3 is 3.16 bits per heavy atom. The van der Waals surface area contributed by atoms with E-state index in [1.807, 2.05) is 24.3 Å². The van der Waals surface area contributed by atoms with Crippen molar-refractivity contribution in [1.29, 1.82) is 0 Å². The van der Waals surface area contributed by atoms with E-state index in [0.29, 0.717) is 6.42 Å². The van der Waals surface area contributed by atoms with Crippen LogP contribution in [0, 0.1) is 0 Å². The van der Waals surface area contributed by atoms with Gasteiger partial charge in [0.25, 0.3) is 0 Å². The first kappa shape index (κ1) is 12.3. The smallest absolute Gasteiger partial charge is 0.163 e. The minimum Gasteiger partial charge on any atom is -0.378 e. The number of hydrogen-bond acceptors (Lipinski definition) is 3. The molecule has 1 aliphatic rings. The first-order valence-corrected chi connectivity index (χ1v) is 6.82. The van der Waals surface area contributed by atoms with Crippen LogP contribution in [-0.2, 0) is 4.74 Å². The molecule has 0 N–H and O–H groups in total. The van der Waals surface area contributed by atoms with E-state index >= 15 is 0 Å². The predicted molar refractivity (Wildman–Crippen MR) is 74.3 cm³/mol. The third-order valence-corrected chi connectivity index (χ3v) is 3.70. The molecular formula is C16H17NO2. The van der Waals surface area contributed by atoms with Crippen LogP contribution in [0.4, 0.5) is 0 Å². The molecule has 0 amide bonds. The number of aromatic nitrogens is 1. The first-order valence-electron chi connectivity index (χ1n) is 6.82. The topological polar surface area (TPSA) is 39.2 Å². The summed E-state index contributed by atoms with van der Waals surface area (Å²) in [7, 11) is 0. The number of benzene rings is 1. The molecule has 1 aliphatic heterocycles. The zero-order chi connectivity index (χ0) is 13.1. The van der Waals surface area contributed by atoms with Gasteiger partial charge < -0.3 is 4.74 Å². The number of nitrogens with zero attached hydrogens (tertiary/aromatic N) is 1. The van der Waals surface area contributed by atoms with Crippen molar-refractivity contribution >= 4 is 16.6 Å². The second kappa shape index (κ2) is 5.49. The number of Topliss-reactive ketones (excluding diaryl/α,β-unsaturated/α-hetero) is 1. The number of carbonyl (C=O) groups excluding carboxylic acids is 1. The Bertz CT molecular complexity index is 583. The zero-order valence-corrected chi connectivity index (χ0v) is 10.8. The fourth-order valence-electron chi connectivity index (χ4n) is 2.66. The highest BCUT2D eigenvalue weighted by Gasteiger charge is 2.18. The van der Waals surface area contributed by atoms with Gasteiger partial charge in [-0.25, -0.2) is 0 Å². The quantitative estimate of drug-likeness (QED) is 0.786. The van der Waals surface area contributed by atoms with E-state index in [2.05, 4.69) is 4.98 Å². The van der Waals surface area contributed by atoms with Gasteiger partial charge in [-0.05, 0) is 30.7 Å². The summed E-state index contributed by atoms with van der Waals surface area (Å²) >= 11 is 0. The number of ketones is 1. The van der Waals surface area contributed by atoms with Crippen molar-refractivity contribution in [2.24, 2.45) is 0 Å². The van der Waals surface area contributed by atoms with Gasteiger partial charge in [0.2, 0.25) is 0 Å². The minimum absolute atomic E-state index is 0.189. The summed E-state index contributed by atoms with van der Waals surface area (Å²) in [6.45, 7) is 0.844. The maximum Gasteiger partial charge on any atom is 0.163 e. The first-order chi connectivity index (χ1) is 9.34. The monoisotopic (exact) mass is 255 g/mol. The van der Waals surface area contributed by atoms with Gasteiger partial charge in [0.05, 0.1) is 6.10 Å². The Morgan fingerprint density at radius 1 is 1.37 bits per heavy atom. The molecule has 19 heavy (non-hydrogen) atoms. The number of rotatable bonds is 4. The molecule has 1 fully saturated rings. The Kier molecular flexibility index (Phi) is 3.56. The van der Waals surface area contributed by atoms with Crippen LogP contribution in [0.3, 0.4) is 0 Å². The molecule has 2 heterocycles. The van der Waals surface area contributed by atoms with E-state index in [-0.39, 0.29) is 11.9 Å². The van der Waals surface area contributed by atoms with E-state index in [9.17, 15) is 4.79 Å². The van der Waals surface area contributed by atoms with E-state index < -0.39 is 0 Å². The summed E-state index contributed by atoms with van der Waals surface area (Å²) in [5.41, 5.74) is 0.781. The highest BCUT2D eigenvalue weighted by Crippen LogP contribution is 2.22. The standard InChI is InChI=1S/C16H17NO2/c18-16(7-6-13-4-2-10-19-13)14-5-1-3-12-8-9-17-11-15(12)14/h1,3,5,8-9,11,13H,2,4,6-7,10H2. The van der Waals surface area contributed by atoms with Crippen molar-refractivity contribution in [3.05, 3.63) is 42.2 Å². The van der Waals surface area contributed by atoms with Crippen LogP contribution >= 0.6 is 0 Å². The number of fused-ring (bicyclic) bond motifs is 1. The second-order valence-electron chi connectivity index (χ2n) is 5.00. The Morgan fingerprint density at radius 2 is 2.32 bits per heavy atom. The van der Waals surface area contributed by atoms with E-state index in [1.54, 1.807) is 12.4 Å². The molecular weight excluding hydrogens is 238 g/mol. The molecule has 3 heteroatoms. The highest BCUT2D eigenvalue weighted by atomic mass is 16.5. The molecule has 0 spiro atoms. The highest BCUT2D eigenvalue weighted by molar-refractivity contribution is 6.07. The Hall–Kier alpha value is -1.74. The zero-order valence-electron chi connectivity index (χ0n) is 10.8. The van der Waals surface area contributed by atoms with Crippen molar-refractivity contribution in [3.63, 3.8) is 0 Å². The lowest BCUT2D eigenvalue weighted by Crippen LogP contribution is -2.09. The number of pyridine rings is 1. The van der Waals surface area contributed by atoms with Crippen LogP contribution in [0.5, 0.6) is 0 Å². The molecule has 0 bridgehead atoms. The summed E-state index contributed by atoms with van der Waals surface area (Å²) in [5, 5.41) is 2.01. The van der Waals surface area contributed by atoms with Crippen molar-refractivity contribution in [3.8, 4) is 0 Å². The second-order valence-corrected chi connectivity index (χ2v) is 5.00. The summed E-state index contributed by atoms with van der Waals surface area (Å²) in [6, 6.07) is 7.77. The normalized spacial score (nSPS) is 18.8. The minimum atomic E-state index is 0.189. The Balaban J connectivity index is 1.77. The molecule has 3 rings (SSSR count). The fraction of sp³-hybridized carbons (Fsp3) is 0.375. The molecule has 2 aromatic rings. The van der Waals surface area contributed by atoms with Gasteiger partial charge in [-0.15, -0.1) is 0 Å². The number of ether oxygens (including phenoxy) is 1. The SMILES string of the molecule is O=C(CCC1CCCO1)c1cccc2ccncc12. The summed E-state index contributed by atoms with van der Waals surface area (Å²) in [5.74, 6) is 0.189. The predicted octanol–water partition coefficient (Wildman–Crippen LogP) is 3.38. The van der Waals surface area contributed by atoms with Crippen molar-refractivity contribution in [1.82, 2.24) is 4.98 Å². The molecule has 0 saturated carbocycles. The summed E-state index contributed by atoms with van der Waals surface area (Å²) in [6.07, 6.45) is 7.39. The van der Waals surface area contributed by atoms with Crippen LogP contribution in [0.1, 0.15) is 36.0 Å². The lowest BCUT2D eigenvalue weighted by Gasteiger charge is -2.09. The van der Waals surface area contributed by atoms with Gasteiger partial charge >= 0.3 is 0 Å². The van der Waals surface area contributed by atoms with Gasteiger partial charge in [-0.3, -0.25) is 9.78 Å². The van der Waals surface area contributed by atoms with Crippen molar-refractivity contribution < 1.29 is 9.53 Å². The van der Waals surface area contributed by atoms with Crippen LogP contribution in [0.15, 0.2) is 36.7 Å². The maximum atomic E-state index is 12.3. The van der Waals surface area contributed by atoms with Crippen molar-refractivity contribution in [2.75, 3.05) is 6.61 Å². The van der Waals surface area contributed by atoms with Gasteiger partial charge in [0.1, 0.15) is 0 Å². The number of hydrogen-bond donors (Lipinski definition) is 0. The Labute approximate surface area is 112 Å². The van der Waals surface area contributed by atoms with Gasteiger partial charge in [0.15, 0.2) is 5.78 Å². The van der Waals surface area contributed by atoms with Gasteiger partial charge in [0, 0.05) is 36.4 Å². The van der Waals surface area contributed by atoms with Gasteiger partial charge in [-0.1, -0.05) is 18.2 Å². The van der Waals surface area contributed by atoms with E-state index in [4.69, 9.17) is 4.74 Å². The number of carbonyl (C=O) groups is 1. The molecule has 1 unspecified atom stereocenters. The molecule has 1 saturated heterocycles. The average Bonchev–Trinajstić information content (AvgIpc) is 2.97. The average molecular weight is 255 g/mol. The van der Waals surface area contributed by atoms with Crippen LogP contribution < -0.4 is 0 Å². The third kappa shape index (κ3) is 2.66. The van der Waals surface area contributed by atoms with Crippen LogP contribution in [0.25, 0.3) is 10.8 Å². The van der Waals surface area contributed by atoms with Gasteiger partial charge in [-0.2, -0.15) is 0 Å². The molecule has 1 aromatic heterocycles. The third-order valence-electron chi connectivity index (χ3n) is 3.70. The summed E-state index contributed by atoms with van der Waals surface area (Å²) < 4.78 is 5.56. The lowest BCUT2D eigenvalue weighted by molar-refractivity contribution is 0.0860. The molecule has 1 atom stereocenters. The van der Waals surface area contributed by atoms with E-state index in [0.717, 1.165) is 42.2 Å². The lowest BCUT2D eigenvalue weighted by atomic mass is 9.99. The van der Waals surface area contributed by atoms with Crippen LogP contribution in [-0.4, -0.2) is 23.5 Å². The maximum absolute atomic E-state index is 12.3. The molecule has 0 radical (unpaired) electrons. The molecule has 3 nitrogen and oxygen atoms in total. The molecule has 0 aliphatic carbocycles. The molecule has 1 aromatic carbocycles. The van der Waals surface area contributed by atoms with Crippen LogP contribution in [0.2, 0.25) is 0 Å². The fourth-order valence-corrected chi connectivity index (χ4v) is 2.66. The summed E-state index contributed by atoms with van der Waals surface area (Å²) in [4.78, 5) is 16.4. The van der Waals surface area contributed by atoms with Crippen molar-refractivity contribution in [2.45, 2.75) is 31.8 Å². The largest absolute Gasteiger partial charge is 0.378 e. The van der Waals surface area contributed by atoms with E-state index in [1.165, 1.54) is 0 Å².